The first-order valence-electron chi connectivity index (χ1n) is 10.2. The lowest BCUT2D eigenvalue weighted by Gasteiger charge is -2.24. The molecule has 0 saturated carbocycles. The third-order valence-electron chi connectivity index (χ3n) is 5.21. The first kappa shape index (κ1) is 19.9. The predicted octanol–water partition coefficient (Wildman–Crippen LogP) is 4.16. The third kappa shape index (κ3) is 4.93. The number of carbonyl (C=O) groups is 2. The number of nitrogens with zero attached hydrogens (tertiary/aromatic N) is 2. The summed E-state index contributed by atoms with van der Waals surface area (Å²) in [4.78, 5) is 26.6. The van der Waals surface area contributed by atoms with Crippen LogP contribution >= 0.6 is 0 Å². The lowest BCUT2D eigenvalue weighted by molar-refractivity contribution is -0.117. The molecule has 0 unspecified atom stereocenters. The van der Waals surface area contributed by atoms with Crippen LogP contribution in [0.4, 0.5) is 5.69 Å². The molecule has 1 aliphatic rings. The summed E-state index contributed by atoms with van der Waals surface area (Å²) < 4.78 is 0. The molecule has 0 aliphatic carbocycles. The lowest BCUT2D eigenvalue weighted by atomic mass is 10.1. The Labute approximate surface area is 176 Å². The quantitative estimate of drug-likeness (QED) is 0.607. The van der Waals surface area contributed by atoms with Gasteiger partial charge in [-0.15, -0.1) is 0 Å². The van der Waals surface area contributed by atoms with Crippen molar-refractivity contribution in [3.05, 3.63) is 102 Å². The summed E-state index contributed by atoms with van der Waals surface area (Å²) in [5.41, 5.74) is 6.70. The standard InChI is InChI=1S/C25H25N3O2/c29-24-12-7-17-28(24)23-15-13-22(14-16-23)25(30)26-27(18-20-8-3-1-4-9-20)19-21-10-5-2-6-11-21/h1-6,8-11,13-16H,7,12,17-19H2,(H,26,30). The molecule has 0 aromatic heterocycles. The van der Waals surface area contributed by atoms with Crippen molar-refractivity contribution in [1.82, 2.24) is 10.4 Å². The van der Waals surface area contributed by atoms with Crippen molar-refractivity contribution in [3.63, 3.8) is 0 Å². The predicted molar refractivity (Wildman–Crippen MR) is 118 cm³/mol. The Morgan fingerprint density at radius 3 is 1.90 bits per heavy atom. The summed E-state index contributed by atoms with van der Waals surface area (Å²) >= 11 is 0. The maximum absolute atomic E-state index is 12.9. The number of carbonyl (C=O) groups excluding carboxylic acids is 2. The van der Waals surface area contributed by atoms with Crippen LogP contribution in [0.15, 0.2) is 84.9 Å². The van der Waals surface area contributed by atoms with Gasteiger partial charge in [-0.05, 0) is 41.8 Å². The van der Waals surface area contributed by atoms with Gasteiger partial charge in [0.15, 0.2) is 0 Å². The summed E-state index contributed by atoms with van der Waals surface area (Å²) in [7, 11) is 0. The molecule has 2 amide bonds. The molecule has 4 rings (SSSR count). The maximum atomic E-state index is 12.9. The van der Waals surface area contributed by atoms with Gasteiger partial charge in [-0.1, -0.05) is 60.7 Å². The van der Waals surface area contributed by atoms with Crippen LogP contribution in [0.1, 0.15) is 34.3 Å². The van der Waals surface area contributed by atoms with E-state index in [0.29, 0.717) is 25.1 Å². The fourth-order valence-electron chi connectivity index (χ4n) is 3.66. The zero-order valence-corrected chi connectivity index (χ0v) is 16.8. The molecule has 5 heteroatoms. The fourth-order valence-corrected chi connectivity index (χ4v) is 3.66. The molecule has 3 aromatic rings. The number of anilines is 1. The number of nitrogens with one attached hydrogen (secondary N) is 1. The van der Waals surface area contributed by atoms with Gasteiger partial charge in [0.1, 0.15) is 0 Å². The molecule has 1 N–H and O–H groups in total. The van der Waals surface area contributed by atoms with E-state index >= 15 is 0 Å². The van der Waals surface area contributed by atoms with Crippen molar-refractivity contribution in [2.45, 2.75) is 25.9 Å². The number of hydrogen-bond acceptors (Lipinski definition) is 3. The van der Waals surface area contributed by atoms with Crippen LogP contribution < -0.4 is 10.3 Å². The number of amides is 2. The van der Waals surface area contributed by atoms with Gasteiger partial charge in [0.05, 0.1) is 0 Å². The van der Waals surface area contributed by atoms with Gasteiger partial charge in [0, 0.05) is 37.3 Å². The molecule has 1 aliphatic heterocycles. The lowest BCUT2D eigenvalue weighted by Crippen LogP contribution is -2.41. The number of rotatable bonds is 7. The van der Waals surface area contributed by atoms with Gasteiger partial charge in [-0.2, -0.15) is 0 Å². The van der Waals surface area contributed by atoms with Gasteiger partial charge in [0.25, 0.3) is 5.91 Å². The third-order valence-corrected chi connectivity index (χ3v) is 5.21. The minimum absolute atomic E-state index is 0.143. The normalized spacial score (nSPS) is 13.6. The number of benzene rings is 3. The van der Waals surface area contributed by atoms with Crippen LogP contribution in [0.3, 0.4) is 0 Å². The average molecular weight is 399 g/mol. The van der Waals surface area contributed by atoms with E-state index in [1.807, 2.05) is 77.8 Å². The molecule has 1 saturated heterocycles. The van der Waals surface area contributed by atoms with E-state index in [4.69, 9.17) is 0 Å². The Hall–Kier alpha value is -3.44. The monoisotopic (exact) mass is 399 g/mol. The summed E-state index contributed by atoms with van der Waals surface area (Å²) in [5.74, 6) is -0.0229. The molecule has 1 heterocycles. The minimum Gasteiger partial charge on any atom is -0.312 e. The van der Waals surface area contributed by atoms with Crippen LogP contribution in [-0.2, 0) is 17.9 Å². The zero-order chi connectivity index (χ0) is 20.8. The van der Waals surface area contributed by atoms with E-state index in [0.717, 1.165) is 29.8 Å². The first-order chi connectivity index (χ1) is 14.7. The molecule has 3 aromatic carbocycles. The Bertz CT molecular complexity index is 946. The maximum Gasteiger partial charge on any atom is 0.265 e. The van der Waals surface area contributed by atoms with Gasteiger partial charge < -0.3 is 4.90 Å². The zero-order valence-electron chi connectivity index (χ0n) is 16.8. The van der Waals surface area contributed by atoms with E-state index in [-0.39, 0.29) is 11.8 Å². The fraction of sp³-hybridized carbons (Fsp3) is 0.200. The van der Waals surface area contributed by atoms with Gasteiger partial charge in [-0.3, -0.25) is 15.0 Å². The highest BCUT2D eigenvalue weighted by Crippen LogP contribution is 2.21. The highest BCUT2D eigenvalue weighted by Gasteiger charge is 2.22. The van der Waals surface area contributed by atoms with Crippen molar-refractivity contribution < 1.29 is 9.59 Å². The molecule has 0 radical (unpaired) electrons. The SMILES string of the molecule is O=C(NN(Cc1ccccc1)Cc1ccccc1)c1ccc(N2CCCC2=O)cc1. The Morgan fingerprint density at radius 1 is 0.833 bits per heavy atom. The molecule has 0 atom stereocenters. The molecule has 1 fully saturated rings. The largest absolute Gasteiger partial charge is 0.312 e. The summed E-state index contributed by atoms with van der Waals surface area (Å²) in [6, 6.07) is 27.4. The molecular weight excluding hydrogens is 374 g/mol. The Morgan fingerprint density at radius 2 is 1.40 bits per heavy atom. The molecule has 152 valence electrons. The van der Waals surface area contributed by atoms with Crippen molar-refractivity contribution in [2.75, 3.05) is 11.4 Å². The minimum atomic E-state index is -0.166. The van der Waals surface area contributed by atoms with Crippen LogP contribution in [0.25, 0.3) is 0 Å². The van der Waals surface area contributed by atoms with Crippen LogP contribution in [-0.4, -0.2) is 23.4 Å². The Kier molecular flexibility index (Phi) is 6.20. The molecular formula is C25H25N3O2. The van der Waals surface area contributed by atoms with Crippen molar-refractivity contribution in [1.29, 1.82) is 0 Å². The van der Waals surface area contributed by atoms with E-state index in [1.54, 1.807) is 17.0 Å². The van der Waals surface area contributed by atoms with E-state index in [2.05, 4.69) is 5.43 Å². The Balaban J connectivity index is 1.47. The van der Waals surface area contributed by atoms with Crippen LogP contribution in [0.5, 0.6) is 0 Å². The smallest absolute Gasteiger partial charge is 0.265 e. The van der Waals surface area contributed by atoms with Crippen molar-refractivity contribution in [3.8, 4) is 0 Å². The van der Waals surface area contributed by atoms with Gasteiger partial charge >= 0.3 is 0 Å². The highest BCUT2D eigenvalue weighted by molar-refractivity contribution is 5.97. The summed E-state index contributed by atoms with van der Waals surface area (Å²) in [6.45, 7) is 1.94. The number of hydrogen-bond donors (Lipinski definition) is 1. The average Bonchev–Trinajstić information content (AvgIpc) is 3.21. The molecule has 0 bridgehead atoms. The van der Waals surface area contributed by atoms with Gasteiger partial charge in [-0.25, -0.2) is 5.01 Å². The number of hydrazine groups is 1. The molecule has 30 heavy (non-hydrogen) atoms. The van der Waals surface area contributed by atoms with E-state index < -0.39 is 0 Å². The van der Waals surface area contributed by atoms with Crippen LogP contribution in [0.2, 0.25) is 0 Å². The van der Waals surface area contributed by atoms with Gasteiger partial charge in [0.2, 0.25) is 5.91 Å². The van der Waals surface area contributed by atoms with Crippen molar-refractivity contribution in [2.24, 2.45) is 0 Å². The topological polar surface area (TPSA) is 52.7 Å². The highest BCUT2D eigenvalue weighted by atomic mass is 16.2. The summed E-state index contributed by atoms with van der Waals surface area (Å²) in [6.07, 6.45) is 1.48. The summed E-state index contributed by atoms with van der Waals surface area (Å²) in [5, 5.41) is 1.92. The second kappa shape index (κ2) is 9.37. The molecule has 0 spiro atoms. The van der Waals surface area contributed by atoms with E-state index in [1.165, 1.54) is 0 Å². The molecule has 5 nitrogen and oxygen atoms in total. The second-order valence-corrected chi connectivity index (χ2v) is 7.46. The van der Waals surface area contributed by atoms with Crippen LogP contribution in [0, 0.1) is 0 Å². The van der Waals surface area contributed by atoms with Crippen molar-refractivity contribution >= 4 is 17.5 Å². The first-order valence-corrected chi connectivity index (χ1v) is 10.2. The second-order valence-electron chi connectivity index (χ2n) is 7.46. The van der Waals surface area contributed by atoms with E-state index in [9.17, 15) is 9.59 Å².